The molecule has 0 aliphatic rings. The molecule has 0 spiro atoms. The highest BCUT2D eigenvalue weighted by Crippen LogP contribution is 2.29. The van der Waals surface area contributed by atoms with Crippen LogP contribution in [0.5, 0.6) is 5.75 Å². The van der Waals surface area contributed by atoms with Gasteiger partial charge < -0.3 is 15.5 Å². The first-order chi connectivity index (χ1) is 9.90. The minimum atomic E-state index is -1.03. The molecule has 2 rings (SSSR count). The smallest absolute Gasteiger partial charge is 0.335 e. The second kappa shape index (κ2) is 6.60. The SMILES string of the molecule is O=C(O)c1ccc(NC(=O)c2ccc(I)c(I)c2O)cc1. The molecule has 0 aromatic heterocycles. The molecule has 0 fully saturated rings. The van der Waals surface area contributed by atoms with Crippen molar-refractivity contribution >= 4 is 62.7 Å². The highest BCUT2D eigenvalue weighted by molar-refractivity contribution is 14.1. The molecule has 0 atom stereocenters. The zero-order chi connectivity index (χ0) is 15.6. The molecule has 0 aliphatic heterocycles. The molecule has 3 N–H and O–H groups in total. The predicted molar refractivity (Wildman–Crippen MR) is 94.9 cm³/mol. The highest BCUT2D eigenvalue weighted by Gasteiger charge is 2.15. The number of aromatic hydroxyl groups is 1. The molecule has 5 nitrogen and oxygen atoms in total. The Hall–Kier alpha value is -1.36. The number of halogens is 2. The number of carbonyl (C=O) groups is 2. The van der Waals surface area contributed by atoms with E-state index in [1.807, 2.05) is 22.6 Å². The van der Waals surface area contributed by atoms with Gasteiger partial charge in [0.25, 0.3) is 5.91 Å². The van der Waals surface area contributed by atoms with Crippen molar-refractivity contribution in [2.75, 3.05) is 5.32 Å². The van der Waals surface area contributed by atoms with Crippen molar-refractivity contribution in [1.29, 1.82) is 0 Å². The average Bonchev–Trinajstić information content (AvgIpc) is 2.45. The standard InChI is InChI=1S/C14H9I2NO4/c15-10-6-5-9(12(18)11(10)16)13(19)17-8-3-1-7(2-4-8)14(20)21/h1-6,18H,(H,17,19)(H,20,21). The number of amides is 1. The molecule has 0 saturated carbocycles. The van der Waals surface area contributed by atoms with Crippen molar-refractivity contribution in [2.24, 2.45) is 0 Å². The first-order valence-electron chi connectivity index (χ1n) is 5.72. The van der Waals surface area contributed by atoms with Crippen LogP contribution < -0.4 is 5.32 Å². The summed E-state index contributed by atoms with van der Waals surface area (Å²) in [5.74, 6) is -1.55. The van der Waals surface area contributed by atoms with Crippen molar-refractivity contribution in [3.05, 3.63) is 54.7 Å². The normalized spacial score (nSPS) is 10.2. The van der Waals surface area contributed by atoms with E-state index in [1.54, 1.807) is 12.1 Å². The maximum absolute atomic E-state index is 12.1. The number of carboxylic acid groups (broad SMARTS) is 1. The van der Waals surface area contributed by atoms with E-state index in [2.05, 4.69) is 27.9 Å². The summed E-state index contributed by atoms with van der Waals surface area (Å²) < 4.78 is 1.47. The van der Waals surface area contributed by atoms with E-state index in [0.29, 0.717) is 9.26 Å². The van der Waals surface area contributed by atoms with Gasteiger partial charge >= 0.3 is 5.97 Å². The number of rotatable bonds is 3. The van der Waals surface area contributed by atoms with Crippen molar-refractivity contribution < 1.29 is 19.8 Å². The molecule has 108 valence electrons. The van der Waals surface area contributed by atoms with E-state index in [0.717, 1.165) is 3.57 Å². The number of benzene rings is 2. The van der Waals surface area contributed by atoms with Crippen molar-refractivity contribution in [3.63, 3.8) is 0 Å². The van der Waals surface area contributed by atoms with E-state index in [9.17, 15) is 14.7 Å². The Morgan fingerprint density at radius 3 is 2.19 bits per heavy atom. The van der Waals surface area contributed by atoms with Crippen LogP contribution in [-0.2, 0) is 0 Å². The van der Waals surface area contributed by atoms with Crippen LogP contribution in [0.15, 0.2) is 36.4 Å². The summed E-state index contributed by atoms with van der Waals surface area (Å²) in [6, 6.07) is 9.07. The molecule has 0 heterocycles. The third-order valence-corrected chi connectivity index (χ3v) is 5.73. The molecule has 7 heteroatoms. The van der Waals surface area contributed by atoms with Crippen LogP contribution in [0.3, 0.4) is 0 Å². The van der Waals surface area contributed by atoms with Gasteiger partial charge in [0, 0.05) is 9.26 Å². The molecule has 0 aliphatic carbocycles. The first-order valence-corrected chi connectivity index (χ1v) is 7.87. The minimum absolute atomic E-state index is 0.0674. The Kier molecular flexibility index (Phi) is 5.04. The summed E-state index contributed by atoms with van der Waals surface area (Å²) in [6.07, 6.45) is 0. The quantitative estimate of drug-likeness (QED) is 0.553. The summed E-state index contributed by atoms with van der Waals surface area (Å²) in [7, 11) is 0. The molecular weight excluding hydrogens is 500 g/mol. The van der Waals surface area contributed by atoms with E-state index < -0.39 is 11.9 Å². The van der Waals surface area contributed by atoms with Gasteiger partial charge in [0.05, 0.1) is 14.7 Å². The van der Waals surface area contributed by atoms with Crippen LogP contribution in [-0.4, -0.2) is 22.1 Å². The lowest BCUT2D eigenvalue weighted by Crippen LogP contribution is -2.13. The van der Waals surface area contributed by atoms with Gasteiger partial charge in [0.1, 0.15) is 5.75 Å². The van der Waals surface area contributed by atoms with Crippen LogP contribution >= 0.6 is 45.2 Å². The lowest BCUT2D eigenvalue weighted by atomic mass is 10.1. The van der Waals surface area contributed by atoms with Crippen LogP contribution in [0.25, 0.3) is 0 Å². The summed E-state index contributed by atoms with van der Waals surface area (Å²) in [5.41, 5.74) is 0.764. The van der Waals surface area contributed by atoms with Crippen molar-refractivity contribution in [2.45, 2.75) is 0 Å². The lowest BCUT2D eigenvalue weighted by molar-refractivity contribution is 0.0696. The highest BCUT2D eigenvalue weighted by atomic mass is 127. The van der Waals surface area contributed by atoms with Gasteiger partial charge in [-0.25, -0.2) is 4.79 Å². The maximum atomic E-state index is 12.1. The molecule has 0 saturated heterocycles. The lowest BCUT2D eigenvalue weighted by Gasteiger charge is -2.09. The number of nitrogens with one attached hydrogen (secondary N) is 1. The first kappa shape index (κ1) is 16.0. The number of carboxylic acids is 1. The molecule has 21 heavy (non-hydrogen) atoms. The fourth-order valence-electron chi connectivity index (χ4n) is 1.62. The van der Waals surface area contributed by atoms with Crippen LogP contribution in [0.4, 0.5) is 5.69 Å². The van der Waals surface area contributed by atoms with Gasteiger partial charge in [0.15, 0.2) is 0 Å². The molecule has 1 amide bonds. The van der Waals surface area contributed by atoms with Gasteiger partial charge in [-0.3, -0.25) is 4.79 Å². The fraction of sp³-hybridized carbons (Fsp3) is 0. The Bertz CT molecular complexity index is 714. The Morgan fingerprint density at radius 1 is 1.00 bits per heavy atom. The summed E-state index contributed by atoms with van der Waals surface area (Å²) in [4.78, 5) is 22.9. The van der Waals surface area contributed by atoms with Crippen LogP contribution in [0.2, 0.25) is 0 Å². The van der Waals surface area contributed by atoms with Gasteiger partial charge in [0.2, 0.25) is 0 Å². The van der Waals surface area contributed by atoms with E-state index >= 15 is 0 Å². The van der Waals surface area contributed by atoms with Gasteiger partial charge in [-0.1, -0.05) is 0 Å². The maximum Gasteiger partial charge on any atom is 0.335 e. The van der Waals surface area contributed by atoms with Gasteiger partial charge in [-0.15, -0.1) is 0 Å². The van der Waals surface area contributed by atoms with Crippen molar-refractivity contribution in [1.82, 2.24) is 0 Å². The molecule has 0 radical (unpaired) electrons. The number of anilines is 1. The third-order valence-electron chi connectivity index (χ3n) is 2.70. The number of phenolic OH excluding ortho intramolecular Hbond substituents is 1. The second-order valence-electron chi connectivity index (χ2n) is 4.09. The Labute approximate surface area is 147 Å². The second-order valence-corrected chi connectivity index (χ2v) is 6.34. The van der Waals surface area contributed by atoms with Crippen molar-refractivity contribution in [3.8, 4) is 5.75 Å². The summed E-state index contributed by atoms with van der Waals surface area (Å²) >= 11 is 4.04. The predicted octanol–water partition coefficient (Wildman–Crippen LogP) is 3.55. The third kappa shape index (κ3) is 3.64. The monoisotopic (exact) mass is 509 g/mol. The molecule has 2 aromatic rings. The molecular formula is C14H9I2NO4. The number of carbonyl (C=O) groups excluding carboxylic acids is 1. The van der Waals surface area contributed by atoms with Gasteiger partial charge in [-0.2, -0.15) is 0 Å². The van der Waals surface area contributed by atoms with E-state index in [4.69, 9.17) is 5.11 Å². The molecule has 0 bridgehead atoms. The number of aromatic carboxylic acids is 1. The Morgan fingerprint density at radius 2 is 1.62 bits per heavy atom. The largest absolute Gasteiger partial charge is 0.506 e. The zero-order valence-electron chi connectivity index (χ0n) is 10.4. The summed E-state index contributed by atoms with van der Waals surface area (Å²) in [6.45, 7) is 0. The van der Waals surface area contributed by atoms with E-state index in [1.165, 1.54) is 24.3 Å². The number of phenols is 1. The van der Waals surface area contributed by atoms with Crippen LogP contribution in [0.1, 0.15) is 20.7 Å². The average molecular weight is 509 g/mol. The summed E-state index contributed by atoms with van der Waals surface area (Å²) in [5, 5.41) is 21.4. The minimum Gasteiger partial charge on any atom is -0.506 e. The number of hydrogen-bond donors (Lipinski definition) is 3. The van der Waals surface area contributed by atoms with E-state index in [-0.39, 0.29) is 16.9 Å². The Balaban J connectivity index is 2.22. The topological polar surface area (TPSA) is 86.6 Å². The molecule has 0 unspecified atom stereocenters. The fourth-order valence-corrected chi connectivity index (χ4v) is 2.52. The zero-order valence-corrected chi connectivity index (χ0v) is 14.7. The van der Waals surface area contributed by atoms with Crippen LogP contribution in [0, 0.1) is 7.14 Å². The number of hydrogen-bond acceptors (Lipinski definition) is 3. The van der Waals surface area contributed by atoms with Gasteiger partial charge in [-0.05, 0) is 81.6 Å². The molecule has 2 aromatic carbocycles.